The minimum atomic E-state index is -0.859. The molecule has 4 N–H and O–H groups in total. The van der Waals surface area contributed by atoms with Crippen LogP contribution in [0.2, 0.25) is 0 Å². The van der Waals surface area contributed by atoms with Gasteiger partial charge in [0.25, 0.3) is 0 Å². The normalized spacial score (nSPS) is 9.94. The van der Waals surface area contributed by atoms with Gasteiger partial charge < -0.3 is 20.9 Å². The van der Waals surface area contributed by atoms with E-state index in [9.17, 15) is 4.79 Å². The van der Waals surface area contributed by atoms with E-state index in [2.05, 4.69) is 5.32 Å². The van der Waals surface area contributed by atoms with Crippen LogP contribution in [0.1, 0.15) is 12.8 Å². The van der Waals surface area contributed by atoms with Crippen molar-refractivity contribution >= 4 is 11.7 Å². The number of nitrogens with one attached hydrogen (secondary N) is 1. The second-order valence-corrected chi connectivity index (χ2v) is 3.59. The molecule has 5 nitrogen and oxygen atoms in total. The molecule has 0 unspecified atom stereocenters. The van der Waals surface area contributed by atoms with Gasteiger partial charge in [0.05, 0.1) is 13.0 Å². The molecular formula is C12H18N2O3. The average Bonchev–Trinajstić information content (AvgIpc) is 2.29. The maximum absolute atomic E-state index is 10.3. The topological polar surface area (TPSA) is 84.6 Å². The lowest BCUT2D eigenvalue weighted by Gasteiger charge is -2.08. The number of carboxylic acid groups (broad SMARTS) is 1. The number of ether oxygens (including phenoxy) is 1. The average molecular weight is 238 g/mol. The number of rotatable bonds is 8. The molecule has 1 aromatic rings. The van der Waals surface area contributed by atoms with Crippen LogP contribution in [-0.2, 0) is 4.79 Å². The molecular weight excluding hydrogens is 220 g/mol. The molecule has 0 bridgehead atoms. The number of hydrogen-bond donors (Lipinski definition) is 3. The Bertz CT molecular complexity index is 355. The van der Waals surface area contributed by atoms with Crippen LogP contribution < -0.4 is 15.8 Å². The van der Waals surface area contributed by atoms with Gasteiger partial charge in [0.2, 0.25) is 0 Å². The van der Waals surface area contributed by atoms with E-state index >= 15 is 0 Å². The molecule has 5 heteroatoms. The molecule has 0 radical (unpaired) electrons. The second kappa shape index (κ2) is 7.51. The Morgan fingerprint density at radius 3 is 3.00 bits per heavy atom. The minimum absolute atomic E-state index is 0.00479. The van der Waals surface area contributed by atoms with Crippen LogP contribution in [0.15, 0.2) is 24.3 Å². The molecule has 0 aromatic heterocycles. The largest absolute Gasteiger partial charge is 0.493 e. The van der Waals surface area contributed by atoms with Crippen molar-refractivity contribution in [2.24, 2.45) is 5.73 Å². The molecule has 0 aliphatic heterocycles. The van der Waals surface area contributed by atoms with Gasteiger partial charge in [-0.3, -0.25) is 4.79 Å². The standard InChI is InChI=1S/C12H18N2O3/c13-6-2-7-14-10-3-1-4-11(9-10)17-8-5-12(15)16/h1,3-4,9,14H,2,5-8,13H2,(H,15,16). The van der Waals surface area contributed by atoms with Crippen LogP contribution in [0.25, 0.3) is 0 Å². The Morgan fingerprint density at radius 1 is 1.47 bits per heavy atom. The van der Waals surface area contributed by atoms with E-state index < -0.39 is 5.97 Å². The third-order valence-electron chi connectivity index (χ3n) is 2.13. The number of carboxylic acids is 1. The van der Waals surface area contributed by atoms with E-state index in [-0.39, 0.29) is 13.0 Å². The molecule has 0 fully saturated rings. The minimum Gasteiger partial charge on any atom is -0.493 e. The highest BCUT2D eigenvalue weighted by molar-refractivity contribution is 5.66. The van der Waals surface area contributed by atoms with Gasteiger partial charge in [0.1, 0.15) is 5.75 Å². The summed E-state index contributed by atoms with van der Waals surface area (Å²) in [6.45, 7) is 1.65. The van der Waals surface area contributed by atoms with Gasteiger partial charge >= 0.3 is 5.97 Å². The smallest absolute Gasteiger partial charge is 0.306 e. The Labute approximate surface area is 101 Å². The van der Waals surface area contributed by atoms with E-state index in [1.807, 2.05) is 18.2 Å². The van der Waals surface area contributed by atoms with Crippen molar-refractivity contribution in [2.75, 3.05) is 25.0 Å². The lowest BCUT2D eigenvalue weighted by molar-refractivity contribution is -0.137. The number of aliphatic carboxylic acids is 1. The first-order chi connectivity index (χ1) is 8.22. The molecule has 0 atom stereocenters. The molecule has 0 saturated heterocycles. The van der Waals surface area contributed by atoms with Gasteiger partial charge in [-0.15, -0.1) is 0 Å². The van der Waals surface area contributed by atoms with Gasteiger partial charge in [-0.05, 0) is 25.1 Å². The Kier molecular flexibility index (Phi) is 5.88. The summed E-state index contributed by atoms with van der Waals surface area (Å²) in [5, 5.41) is 11.7. The highest BCUT2D eigenvalue weighted by Gasteiger charge is 1.99. The third kappa shape index (κ3) is 5.77. The Morgan fingerprint density at radius 2 is 2.29 bits per heavy atom. The van der Waals surface area contributed by atoms with E-state index in [1.165, 1.54) is 0 Å². The lowest BCUT2D eigenvalue weighted by Crippen LogP contribution is -2.08. The van der Waals surface area contributed by atoms with E-state index in [0.717, 1.165) is 18.7 Å². The van der Waals surface area contributed by atoms with Crippen molar-refractivity contribution in [3.05, 3.63) is 24.3 Å². The van der Waals surface area contributed by atoms with Crippen LogP contribution in [0.5, 0.6) is 5.75 Å². The molecule has 0 aliphatic rings. The monoisotopic (exact) mass is 238 g/mol. The number of nitrogens with two attached hydrogens (primary N) is 1. The van der Waals surface area contributed by atoms with Crippen LogP contribution in [0.3, 0.4) is 0 Å². The van der Waals surface area contributed by atoms with Crippen molar-refractivity contribution in [1.82, 2.24) is 0 Å². The zero-order chi connectivity index (χ0) is 12.5. The third-order valence-corrected chi connectivity index (χ3v) is 2.13. The molecule has 0 amide bonds. The summed E-state index contributed by atoms with van der Waals surface area (Å²) in [7, 11) is 0. The first-order valence-electron chi connectivity index (χ1n) is 5.61. The summed E-state index contributed by atoms with van der Waals surface area (Å²) in [5.74, 6) is -0.189. The fourth-order valence-electron chi connectivity index (χ4n) is 1.29. The summed E-state index contributed by atoms with van der Waals surface area (Å²) < 4.78 is 5.32. The predicted octanol–water partition coefficient (Wildman–Crippen LogP) is 1.30. The zero-order valence-corrected chi connectivity index (χ0v) is 9.69. The highest BCUT2D eigenvalue weighted by Crippen LogP contribution is 2.17. The maximum atomic E-state index is 10.3. The Hall–Kier alpha value is -1.75. The van der Waals surface area contributed by atoms with Gasteiger partial charge in [-0.25, -0.2) is 0 Å². The second-order valence-electron chi connectivity index (χ2n) is 3.59. The summed E-state index contributed by atoms with van der Waals surface area (Å²) in [4.78, 5) is 10.3. The number of anilines is 1. The fourth-order valence-corrected chi connectivity index (χ4v) is 1.29. The van der Waals surface area contributed by atoms with Crippen LogP contribution in [-0.4, -0.2) is 30.8 Å². The van der Waals surface area contributed by atoms with Gasteiger partial charge in [0.15, 0.2) is 0 Å². The van der Waals surface area contributed by atoms with Crippen molar-refractivity contribution < 1.29 is 14.6 Å². The van der Waals surface area contributed by atoms with Crippen LogP contribution in [0.4, 0.5) is 5.69 Å². The van der Waals surface area contributed by atoms with Crippen molar-refractivity contribution in [2.45, 2.75) is 12.8 Å². The lowest BCUT2D eigenvalue weighted by atomic mass is 10.3. The molecule has 0 saturated carbocycles. The van der Waals surface area contributed by atoms with Gasteiger partial charge in [-0.2, -0.15) is 0 Å². The summed E-state index contributed by atoms with van der Waals surface area (Å²) in [6.07, 6.45) is 0.912. The van der Waals surface area contributed by atoms with E-state index in [4.69, 9.17) is 15.6 Å². The van der Waals surface area contributed by atoms with Crippen LogP contribution >= 0.6 is 0 Å². The zero-order valence-electron chi connectivity index (χ0n) is 9.69. The van der Waals surface area contributed by atoms with Gasteiger partial charge in [0, 0.05) is 18.3 Å². The van der Waals surface area contributed by atoms with Crippen LogP contribution in [0, 0.1) is 0 Å². The quantitative estimate of drug-likeness (QED) is 0.594. The van der Waals surface area contributed by atoms with Crippen molar-refractivity contribution in [3.63, 3.8) is 0 Å². The molecule has 1 aromatic carbocycles. The Balaban J connectivity index is 2.39. The predicted molar refractivity (Wildman–Crippen MR) is 66.4 cm³/mol. The van der Waals surface area contributed by atoms with E-state index in [0.29, 0.717) is 12.3 Å². The molecule has 0 aliphatic carbocycles. The first-order valence-corrected chi connectivity index (χ1v) is 5.61. The number of hydrogen-bond acceptors (Lipinski definition) is 4. The summed E-state index contributed by atoms with van der Waals surface area (Å²) >= 11 is 0. The maximum Gasteiger partial charge on any atom is 0.306 e. The molecule has 1 rings (SSSR count). The summed E-state index contributed by atoms with van der Waals surface area (Å²) in [5.41, 5.74) is 6.35. The molecule has 0 heterocycles. The first kappa shape index (κ1) is 13.3. The molecule has 17 heavy (non-hydrogen) atoms. The van der Waals surface area contributed by atoms with Crippen molar-refractivity contribution in [1.29, 1.82) is 0 Å². The van der Waals surface area contributed by atoms with E-state index in [1.54, 1.807) is 6.07 Å². The number of benzene rings is 1. The number of carbonyl (C=O) groups is 1. The SMILES string of the molecule is NCCCNc1cccc(OCCC(=O)O)c1. The van der Waals surface area contributed by atoms with Gasteiger partial charge in [-0.1, -0.05) is 6.07 Å². The highest BCUT2D eigenvalue weighted by atomic mass is 16.5. The molecule has 94 valence electrons. The van der Waals surface area contributed by atoms with Crippen molar-refractivity contribution in [3.8, 4) is 5.75 Å². The summed E-state index contributed by atoms with van der Waals surface area (Å²) in [6, 6.07) is 7.44. The molecule has 0 spiro atoms. The fraction of sp³-hybridized carbons (Fsp3) is 0.417.